The molecule has 2 rings (SSSR count). The van der Waals surface area contributed by atoms with Crippen molar-refractivity contribution in [1.82, 2.24) is 4.90 Å². The van der Waals surface area contributed by atoms with Crippen LogP contribution in [0.3, 0.4) is 0 Å². The quantitative estimate of drug-likeness (QED) is 0.722. The molecule has 1 heterocycles. The number of nitrogens with zero attached hydrogens (tertiary/aromatic N) is 1. The van der Waals surface area contributed by atoms with Crippen LogP contribution in [0.15, 0.2) is 47.1 Å². The van der Waals surface area contributed by atoms with Crippen LogP contribution >= 0.6 is 0 Å². The van der Waals surface area contributed by atoms with Crippen LogP contribution in [0.1, 0.15) is 30.7 Å². The zero-order valence-electron chi connectivity index (χ0n) is 14.9. The maximum atomic E-state index is 10.3. The number of furan rings is 1. The Kier molecular flexibility index (Phi) is 7.50. The van der Waals surface area contributed by atoms with Crippen LogP contribution in [-0.4, -0.2) is 35.8 Å². The molecule has 0 aliphatic rings. The van der Waals surface area contributed by atoms with E-state index in [4.69, 9.17) is 9.15 Å². The molecular weight excluding hydrogens is 302 g/mol. The van der Waals surface area contributed by atoms with Crippen molar-refractivity contribution in [3.8, 4) is 0 Å². The normalized spacial score (nSPS) is 12.9. The van der Waals surface area contributed by atoms with E-state index in [1.54, 1.807) is 6.26 Å². The highest BCUT2D eigenvalue weighted by molar-refractivity contribution is 5.25. The van der Waals surface area contributed by atoms with Gasteiger partial charge in [-0.05, 0) is 36.1 Å². The van der Waals surface area contributed by atoms with E-state index < -0.39 is 6.10 Å². The number of benzene rings is 1. The fraction of sp³-hybridized carbons (Fsp3) is 0.500. The molecule has 4 nitrogen and oxygen atoms in total. The number of hydrogen-bond acceptors (Lipinski definition) is 4. The summed E-state index contributed by atoms with van der Waals surface area (Å²) in [5, 5.41) is 10.3. The van der Waals surface area contributed by atoms with Gasteiger partial charge in [0.05, 0.1) is 19.0 Å². The van der Waals surface area contributed by atoms with Gasteiger partial charge in [0, 0.05) is 19.6 Å². The first kappa shape index (κ1) is 18.7. The fourth-order valence-electron chi connectivity index (χ4n) is 2.79. The first-order chi connectivity index (χ1) is 11.5. The van der Waals surface area contributed by atoms with Crippen molar-refractivity contribution in [3.63, 3.8) is 0 Å². The molecule has 2 aromatic rings. The topological polar surface area (TPSA) is 45.8 Å². The summed E-state index contributed by atoms with van der Waals surface area (Å²) in [4.78, 5) is 2.30. The minimum Gasteiger partial charge on any atom is -0.467 e. The van der Waals surface area contributed by atoms with Crippen LogP contribution in [0.4, 0.5) is 0 Å². The summed E-state index contributed by atoms with van der Waals surface area (Å²) in [5.74, 6) is 1.33. The minimum absolute atomic E-state index is 0.309. The van der Waals surface area contributed by atoms with E-state index in [-0.39, 0.29) is 0 Å². The Bertz CT molecular complexity index is 580. The van der Waals surface area contributed by atoms with Gasteiger partial charge in [-0.2, -0.15) is 0 Å². The maximum absolute atomic E-state index is 10.3. The van der Waals surface area contributed by atoms with Gasteiger partial charge in [-0.15, -0.1) is 0 Å². The molecule has 1 N–H and O–H groups in total. The van der Waals surface area contributed by atoms with Gasteiger partial charge in [0.2, 0.25) is 0 Å². The average Bonchev–Trinajstić information content (AvgIpc) is 3.02. The van der Waals surface area contributed by atoms with Crippen LogP contribution in [-0.2, 0) is 17.9 Å². The first-order valence-corrected chi connectivity index (χ1v) is 8.59. The lowest BCUT2D eigenvalue weighted by molar-refractivity contribution is 0.00221. The molecule has 0 saturated heterocycles. The number of rotatable bonds is 10. The van der Waals surface area contributed by atoms with E-state index in [0.29, 0.717) is 25.7 Å². The van der Waals surface area contributed by atoms with Crippen LogP contribution in [0.2, 0.25) is 0 Å². The Hall–Kier alpha value is -1.62. The Labute approximate surface area is 145 Å². The molecule has 0 aliphatic heterocycles. The summed E-state index contributed by atoms with van der Waals surface area (Å²) < 4.78 is 10.8. The lowest BCUT2D eigenvalue weighted by Gasteiger charge is -2.27. The smallest absolute Gasteiger partial charge is 0.129 e. The number of aliphatic hydroxyl groups excluding tert-OH is 1. The van der Waals surface area contributed by atoms with Gasteiger partial charge in [-0.1, -0.05) is 38.1 Å². The van der Waals surface area contributed by atoms with Crippen molar-refractivity contribution in [3.05, 3.63) is 59.5 Å². The van der Waals surface area contributed by atoms with Gasteiger partial charge in [-0.25, -0.2) is 0 Å². The molecule has 0 unspecified atom stereocenters. The summed E-state index contributed by atoms with van der Waals surface area (Å²) in [7, 11) is 0. The Morgan fingerprint density at radius 1 is 1.12 bits per heavy atom. The van der Waals surface area contributed by atoms with Crippen LogP contribution in [0, 0.1) is 12.8 Å². The van der Waals surface area contributed by atoms with Crippen molar-refractivity contribution < 1.29 is 14.3 Å². The second kappa shape index (κ2) is 9.62. The summed E-state index contributed by atoms with van der Waals surface area (Å²) >= 11 is 0. The van der Waals surface area contributed by atoms with Crippen molar-refractivity contribution >= 4 is 0 Å². The third-order valence-corrected chi connectivity index (χ3v) is 3.88. The van der Waals surface area contributed by atoms with E-state index >= 15 is 0 Å². The molecule has 0 saturated carbocycles. The fourth-order valence-corrected chi connectivity index (χ4v) is 2.79. The van der Waals surface area contributed by atoms with Gasteiger partial charge in [0.25, 0.3) is 0 Å². The molecule has 0 bridgehead atoms. The number of aliphatic hydroxyl groups is 1. The van der Waals surface area contributed by atoms with Gasteiger partial charge in [-0.3, -0.25) is 4.90 Å². The predicted octanol–water partition coefficient (Wildman–Crippen LogP) is 3.62. The summed E-state index contributed by atoms with van der Waals surface area (Å²) in [6.45, 7) is 9.63. The van der Waals surface area contributed by atoms with E-state index in [9.17, 15) is 5.11 Å². The number of aryl methyl sites for hydroxylation is 1. The SMILES string of the molecule is Cc1ccccc1CN(CC(C)C)C[C@H](O)COCc1ccco1. The van der Waals surface area contributed by atoms with Crippen molar-refractivity contribution in [1.29, 1.82) is 0 Å². The van der Waals surface area contributed by atoms with Gasteiger partial charge < -0.3 is 14.3 Å². The van der Waals surface area contributed by atoms with E-state index in [1.807, 2.05) is 12.1 Å². The van der Waals surface area contributed by atoms with Crippen LogP contribution < -0.4 is 0 Å². The van der Waals surface area contributed by atoms with Gasteiger partial charge in [0.15, 0.2) is 0 Å². The van der Waals surface area contributed by atoms with E-state index in [0.717, 1.165) is 18.8 Å². The summed E-state index contributed by atoms with van der Waals surface area (Å²) in [5.41, 5.74) is 2.59. The maximum Gasteiger partial charge on any atom is 0.129 e. The highest BCUT2D eigenvalue weighted by Crippen LogP contribution is 2.13. The zero-order valence-corrected chi connectivity index (χ0v) is 14.9. The molecule has 1 aromatic carbocycles. The number of ether oxygens (including phenoxy) is 1. The third-order valence-electron chi connectivity index (χ3n) is 3.88. The lowest BCUT2D eigenvalue weighted by Crippen LogP contribution is -2.37. The molecule has 4 heteroatoms. The minimum atomic E-state index is -0.511. The summed E-state index contributed by atoms with van der Waals surface area (Å²) in [6, 6.07) is 12.1. The monoisotopic (exact) mass is 331 g/mol. The van der Waals surface area contributed by atoms with Crippen LogP contribution in [0.5, 0.6) is 0 Å². The highest BCUT2D eigenvalue weighted by Gasteiger charge is 2.15. The Morgan fingerprint density at radius 3 is 2.58 bits per heavy atom. The molecular formula is C20H29NO3. The molecule has 1 atom stereocenters. The number of hydrogen-bond donors (Lipinski definition) is 1. The van der Waals surface area contributed by atoms with Crippen molar-refractivity contribution in [2.24, 2.45) is 5.92 Å². The molecule has 0 radical (unpaired) electrons. The van der Waals surface area contributed by atoms with Crippen LogP contribution in [0.25, 0.3) is 0 Å². The lowest BCUT2D eigenvalue weighted by atomic mass is 10.1. The molecule has 0 aliphatic carbocycles. The third kappa shape index (κ3) is 6.48. The first-order valence-electron chi connectivity index (χ1n) is 8.59. The van der Waals surface area contributed by atoms with Gasteiger partial charge in [0.1, 0.15) is 12.4 Å². The Morgan fingerprint density at radius 2 is 1.92 bits per heavy atom. The van der Waals surface area contributed by atoms with Gasteiger partial charge >= 0.3 is 0 Å². The molecule has 0 fully saturated rings. The average molecular weight is 331 g/mol. The highest BCUT2D eigenvalue weighted by atomic mass is 16.5. The van der Waals surface area contributed by atoms with E-state index in [1.165, 1.54) is 11.1 Å². The second-order valence-corrected chi connectivity index (χ2v) is 6.76. The van der Waals surface area contributed by atoms with Crippen molar-refractivity contribution in [2.45, 2.75) is 40.0 Å². The standard InChI is InChI=1S/C20H29NO3/c1-16(2)11-21(12-18-8-5-4-7-17(18)3)13-19(22)14-23-15-20-9-6-10-24-20/h4-10,16,19,22H,11-15H2,1-3H3/t19-/m0/s1. The van der Waals surface area contributed by atoms with Crippen molar-refractivity contribution in [2.75, 3.05) is 19.7 Å². The molecule has 0 spiro atoms. The Balaban J connectivity index is 1.84. The molecule has 132 valence electrons. The predicted molar refractivity (Wildman–Crippen MR) is 95.7 cm³/mol. The summed E-state index contributed by atoms with van der Waals surface area (Å²) in [6.07, 6.45) is 1.12. The largest absolute Gasteiger partial charge is 0.467 e. The molecule has 0 amide bonds. The zero-order chi connectivity index (χ0) is 17.4. The molecule has 1 aromatic heterocycles. The van der Waals surface area contributed by atoms with E-state index in [2.05, 4.69) is 49.9 Å². The molecule has 24 heavy (non-hydrogen) atoms. The second-order valence-electron chi connectivity index (χ2n) is 6.76.